The minimum atomic E-state index is -0.295. The Kier molecular flexibility index (Phi) is 3.76. The molecule has 2 aromatic carbocycles. The van der Waals surface area contributed by atoms with Crippen molar-refractivity contribution in [3.8, 4) is 11.1 Å². The van der Waals surface area contributed by atoms with Crippen molar-refractivity contribution in [1.29, 1.82) is 0 Å². The van der Waals surface area contributed by atoms with Crippen molar-refractivity contribution < 1.29 is 4.42 Å². The van der Waals surface area contributed by atoms with E-state index in [1.54, 1.807) is 0 Å². The molecule has 0 aliphatic carbocycles. The van der Waals surface area contributed by atoms with Crippen molar-refractivity contribution >= 4 is 27.6 Å². The lowest BCUT2D eigenvalue weighted by atomic mass is 10.0. The van der Waals surface area contributed by atoms with Gasteiger partial charge in [0.25, 0.3) is 0 Å². The Morgan fingerprint density at radius 2 is 1.81 bits per heavy atom. The lowest BCUT2D eigenvalue weighted by Crippen LogP contribution is -2.43. The SMILES string of the molecule is Cn1cc(-c2cc3ccc(N4CCNCC4)cc3oc2=O)c2ccccc21. The molecule has 1 saturated heterocycles. The van der Waals surface area contributed by atoms with Crippen LogP contribution in [0.4, 0.5) is 5.69 Å². The van der Waals surface area contributed by atoms with E-state index in [1.807, 2.05) is 54.2 Å². The predicted octanol–water partition coefficient (Wildman–Crippen LogP) is 3.36. The van der Waals surface area contributed by atoms with Crippen molar-refractivity contribution in [3.63, 3.8) is 0 Å². The van der Waals surface area contributed by atoms with Crippen LogP contribution in [0.25, 0.3) is 33.0 Å². The van der Waals surface area contributed by atoms with Gasteiger partial charge in [0, 0.05) is 73.0 Å². The fourth-order valence-corrected chi connectivity index (χ4v) is 3.96. The van der Waals surface area contributed by atoms with Crippen molar-refractivity contribution in [3.05, 3.63) is 65.1 Å². The minimum absolute atomic E-state index is 0.295. The molecule has 27 heavy (non-hydrogen) atoms. The standard InChI is InChI=1S/C22H21N3O2/c1-24-14-19(17-4-2-3-5-20(17)24)18-12-15-6-7-16(13-21(15)27-22(18)26)25-10-8-23-9-11-25/h2-7,12-14,23H,8-11H2,1H3. The first kappa shape index (κ1) is 16.1. The van der Waals surface area contributed by atoms with Gasteiger partial charge in [0.1, 0.15) is 5.58 Å². The van der Waals surface area contributed by atoms with E-state index in [1.165, 1.54) is 0 Å². The van der Waals surface area contributed by atoms with Crippen molar-refractivity contribution in [2.45, 2.75) is 0 Å². The molecule has 5 nitrogen and oxygen atoms in total. The van der Waals surface area contributed by atoms with E-state index < -0.39 is 0 Å². The van der Waals surface area contributed by atoms with E-state index in [-0.39, 0.29) is 5.63 Å². The molecule has 0 saturated carbocycles. The van der Waals surface area contributed by atoms with Gasteiger partial charge in [-0.15, -0.1) is 0 Å². The van der Waals surface area contributed by atoms with Gasteiger partial charge in [0.2, 0.25) is 0 Å². The molecule has 2 aromatic heterocycles. The van der Waals surface area contributed by atoms with Gasteiger partial charge in [0.15, 0.2) is 0 Å². The van der Waals surface area contributed by atoms with Crippen LogP contribution in [0.1, 0.15) is 0 Å². The highest BCUT2D eigenvalue weighted by molar-refractivity contribution is 5.97. The number of rotatable bonds is 2. The lowest BCUT2D eigenvalue weighted by Gasteiger charge is -2.29. The van der Waals surface area contributed by atoms with Crippen molar-refractivity contribution in [2.75, 3.05) is 31.1 Å². The average molecular weight is 359 g/mol. The number of anilines is 1. The van der Waals surface area contributed by atoms with E-state index >= 15 is 0 Å². The third kappa shape index (κ3) is 2.71. The summed E-state index contributed by atoms with van der Waals surface area (Å²) in [4.78, 5) is 15.1. The van der Waals surface area contributed by atoms with Crippen molar-refractivity contribution in [2.24, 2.45) is 7.05 Å². The molecule has 4 aromatic rings. The third-order valence-electron chi connectivity index (χ3n) is 5.39. The van der Waals surface area contributed by atoms with Crippen LogP contribution in [-0.4, -0.2) is 30.7 Å². The van der Waals surface area contributed by atoms with Crippen LogP contribution < -0.4 is 15.8 Å². The Labute approximate surface area is 156 Å². The van der Waals surface area contributed by atoms with E-state index in [9.17, 15) is 4.79 Å². The molecule has 0 radical (unpaired) electrons. The van der Waals surface area contributed by atoms with Gasteiger partial charge < -0.3 is 19.2 Å². The fraction of sp³-hybridized carbons (Fsp3) is 0.227. The number of benzene rings is 2. The smallest absolute Gasteiger partial charge is 0.344 e. The van der Waals surface area contributed by atoms with Crippen LogP contribution in [0.3, 0.4) is 0 Å². The third-order valence-corrected chi connectivity index (χ3v) is 5.39. The molecule has 1 N–H and O–H groups in total. The molecular weight excluding hydrogens is 338 g/mol. The maximum absolute atomic E-state index is 12.8. The molecule has 1 aliphatic rings. The van der Waals surface area contributed by atoms with Gasteiger partial charge in [-0.2, -0.15) is 0 Å². The second-order valence-electron chi connectivity index (χ2n) is 7.08. The maximum atomic E-state index is 12.8. The van der Waals surface area contributed by atoms with Crippen LogP contribution in [0.15, 0.2) is 63.9 Å². The number of hydrogen-bond donors (Lipinski definition) is 1. The first-order valence-corrected chi connectivity index (χ1v) is 9.29. The van der Waals surface area contributed by atoms with E-state index in [2.05, 4.69) is 22.3 Å². The normalized spacial score (nSPS) is 14.9. The highest BCUT2D eigenvalue weighted by Crippen LogP contribution is 2.30. The van der Waals surface area contributed by atoms with E-state index in [0.29, 0.717) is 11.1 Å². The first-order chi connectivity index (χ1) is 13.2. The van der Waals surface area contributed by atoms with Crippen LogP contribution in [0.2, 0.25) is 0 Å². The van der Waals surface area contributed by atoms with Gasteiger partial charge in [-0.1, -0.05) is 18.2 Å². The summed E-state index contributed by atoms with van der Waals surface area (Å²) >= 11 is 0. The van der Waals surface area contributed by atoms with Crippen LogP contribution >= 0.6 is 0 Å². The molecule has 1 fully saturated rings. The molecule has 5 rings (SSSR count). The summed E-state index contributed by atoms with van der Waals surface area (Å²) in [5.41, 5.74) is 4.06. The summed E-state index contributed by atoms with van der Waals surface area (Å²) in [5.74, 6) is 0. The van der Waals surface area contributed by atoms with Gasteiger partial charge in [0.05, 0.1) is 5.56 Å². The fourth-order valence-electron chi connectivity index (χ4n) is 3.96. The average Bonchev–Trinajstić information content (AvgIpc) is 3.04. The van der Waals surface area contributed by atoms with Gasteiger partial charge in [-0.3, -0.25) is 0 Å². The number of para-hydroxylation sites is 1. The Balaban J connectivity index is 1.64. The molecule has 1 aliphatic heterocycles. The monoisotopic (exact) mass is 359 g/mol. The van der Waals surface area contributed by atoms with Crippen LogP contribution in [0.5, 0.6) is 0 Å². The molecule has 0 amide bonds. The molecule has 3 heterocycles. The molecular formula is C22H21N3O2. The largest absolute Gasteiger partial charge is 0.422 e. The summed E-state index contributed by atoms with van der Waals surface area (Å²) in [6, 6.07) is 16.2. The summed E-state index contributed by atoms with van der Waals surface area (Å²) in [6.45, 7) is 3.87. The first-order valence-electron chi connectivity index (χ1n) is 9.29. The zero-order valence-electron chi connectivity index (χ0n) is 15.2. The summed E-state index contributed by atoms with van der Waals surface area (Å²) in [5, 5.41) is 5.36. The van der Waals surface area contributed by atoms with Crippen LogP contribution in [0, 0.1) is 0 Å². The Bertz CT molecular complexity index is 1200. The number of nitrogens with zero attached hydrogens (tertiary/aromatic N) is 2. The topological polar surface area (TPSA) is 50.4 Å². The zero-order valence-corrected chi connectivity index (χ0v) is 15.2. The number of aromatic nitrogens is 1. The summed E-state index contributed by atoms with van der Waals surface area (Å²) < 4.78 is 7.77. The van der Waals surface area contributed by atoms with Crippen molar-refractivity contribution in [1.82, 2.24) is 9.88 Å². The van der Waals surface area contributed by atoms with E-state index in [4.69, 9.17) is 4.42 Å². The highest BCUT2D eigenvalue weighted by Gasteiger charge is 2.15. The zero-order chi connectivity index (χ0) is 18.4. The second kappa shape index (κ2) is 6.28. The number of aryl methyl sites for hydroxylation is 1. The quantitative estimate of drug-likeness (QED) is 0.558. The molecule has 5 heteroatoms. The molecule has 0 spiro atoms. The van der Waals surface area contributed by atoms with E-state index in [0.717, 1.165) is 53.7 Å². The van der Waals surface area contributed by atoms with Gasteiger partial charge in [-0.05, 0) is 24.3 Å². The number of nitrogens with one attached hydrogen (secondary N) is 1. The van der Waals surface area contributed by atoms with Gasteiger partial charge >= 0.3 is 5.63 Å². The minimum Gasteiger partial charge on any atom is -0.422 e. The van der Waals surface area contributed by atoms with Crippen LogP contribution in [-0.2, 0) is 7.05 Å². The Morgan fingerprint density at radius 3 is 2.67 bits per heavy atom. The molecule has 0 bridgehead atoms. The number of hydrogen-bond acceptors (Lipinski definition) is 4. The Morgan fingerprint density at radius 1 is 1.00 bits per heavy atom. The lowest BCUT2D eigenvalue weighted by molar-refractivity contribution is 0.562. The summed E-state index contributed by atoms with van der Waals surface area (Å²) in [7, 11) is 1.99. The second-order valence-corrected chi connectivity index (χ2v) is 7.08. The number of fused-ring (bicyclic) bond motifs is 2. The molecule has 136 valence electrons. The Hall–Kier alpha value is -3.05. The highest BCUT2D eigenvalue weighted by atomic mass is 16.4. The molecule has 0 unspecified atom stereocenters. The number of piperazine rings is 1. The maximum Gasteiger partial charge on any atom is 0.344 e. The summed E-state index contributed by atoms with van der Waals surface area (Å²) in [6.07, 6.45) is 2.00. The van der Waals surface area contributed by atoms with Gasteiger partial charge in [-0.25, -0.2) is 4.79 Å². The predicted molar refractivity (Wildman–Crippen MR) is 109 cm³/mol. The molecule has 0 atom stereocenters.